The molecule has 6 nitrogen and oxygen atoms in total. The maximum absolute atomic E-state index is 11.9. The Bertz CT molecular complexity index is 288. The lowest BCUT2D eigenvalue weighted by Gasteiger charge is -2.26. The van der Waals surface area contributed by atoms with E-state index in [0.29, 0.717) is 6.61 Å². The molecule has 0 aromatic heterocycles. The number of aliphatic carboxylic acids is 1. The normalized spacial score (nSPS) is 25.4. The van der Waals surface area contributed by atoms with Gasteiger partial charge in [0.2, 0.25) is 5.91 Å². The molecule has 1 unspecified atom stereocenters. The van der Waals surface area contributed by atoms with Gasteiger partial charge in [-0.1, -0.05) is 0 Å². The molecule has 0 aromatic carbocycles. The van der Waals surface area contributed by atoms with E-state index in [-0.39, 0.29) is 24.3 Å². The lowest BCUT2D eigenvalue weighted by atomic mass is 9.86. The van der Waals surface area contributed by atoms with Gasteiger partial charge in [0.15, 0.2) is 0 Å². The summed E-state index contributed by atoms with van der Waals surface area (Å²) >= 11 is 0. The van der Waals surface area contributed by atoms with Gasteiger partial charge in [-0.05, 0) is 25.7 Å². The summed E-state index contributed by atoms with van der Waals surface area (Å²) in [6, 6.07) is -0.689. The Balaban J connectivity index is 2.42. The van der Waals surface area contributed by atoms with Crippen LogP contribution in [0.3, 0.4) is 0 Å². The van der Waals surface area contributed by atoms with Gasteiger partial charge in [-0.3, -0.25) is 4.79 Å². The van der Waals surface area contributed by atoms with Crippen molar-refractivity contribution in [2.75, 3.05) is 13.7 Å². The van der Waals surface area contributed by atoms with Crippen molar-refractivity contribution >= 4 is 11.9 Å². The minimum Gasteiger partial charge on any atom is -0.480 e. The predicted octanol–water partition coefficient (Wildman–Crippen LogP) is 0.110. The molecular formula is C12H22N2O4. The van der Waals surface area contributed by atoms with E-state index in [9.17, 15) is 9.59 Å². The Labute approximate surface area is 107 Å². The van der Waals surface area contributed by atoms with E-state index >= 15 is 0 Å². The molecule has 0 aromatic rings. The number of nitrogens with one attached hydrogen (secondary N) is 1. The summed E-state index contributed by atoms with van der Waals surface area (Å²) in [6.07, 6.45) is 3.42. The first-order valence-corrected chi connectivity index (χ1v) is 6.32. The molecule has 0 radical (unpaired) electrons. The average molecular weight is 258 g/mol. The molecular weight excluding hydrogens is 236 g/mol. The second kappa shape index (κ2) is 7.33. The van der Waals surface area contributed by atoms with Crippen molar-refractivity contribution in [3.8, 4) is 0 Å². The predicted molar refractivity (Wildman–Crippen MR) is 66.0 cm³/mol. The van der Waals surface area contributed by atoms with Crippen molar-refractivity contribution in [2.24, 2.45) is 11.7 Å². The number of amides is 1. The lowest BCUT2D eigenvalue weighted by Crippen LogP contribution is -2.45. The summed E-state index contributed by atoms with van der Waals surface area (Å²) in [5.41, 5.74) is 5.77. The van der Waals surface area contributed by atoms with Crippen LogP contribution in [0.25, 0.3) is 0 Å². The zero-order chi connectivity index (χ0) is 13.5. The first-order chi connectivity index (χ1) is 8.54. The van der Waals surface area contributed by atoms with Crippen LogP contribution in [0.2, 0.25) is 0 Å². The number of rotatable bonds is 6. The summed E-state index contributed by atoms with van der Waals surface area (Å²) in [5, 5.41) is 11.6. The summed E-state index contributed by atoms with van der Waals surface area (Å²) in [7, 11) is 1.50. The molecule has 0 spiro atoms. The lowest BCUT2D eigenvalue weighted by molar-refractivity contribution is -0.143. The van der Waals surface area contributed by atoms with Crippen molar-refractivity contribution in [1.29, 1.82) is 0 Å². The third-order valence-electron chi connectivity index (χ3n) is 3.37. The number of methoxy groups -OCH3 is 1. The summed E-state index contributed by atoms with van der Waals surface area (Å²) in [5.74, 6) is -1.30. The molecule has 0 heterocycles. The van der Waals surface area contributed by atoms with Crippen LogP contribution in [0, 0.1) is 5.92 Å². The van der Waals surface area contributed by atoms with Gasteiger partial charge in [-0.2, -0.15) is 0 Å². The van der Waals surface area contributed by atoms with E-state index in [1.54, 1.807) is 0 Å². The van der Waals surface area contributed by atoms with Crippen molar-refractivity contribution in [3.63, 3.8) is 0 Å². The van der Waals surface area contributed by atoms with E-state index in [4.69, 9.17) is 15.6 Å². The monoisotopic (exact) mass is 258 g/mol. The molecule has 18 heavy (non-hydrogen) atoms. The SMILES string of the molecule is COCCC(NC(=O)C1CCC(N)CC1)C(=O)O. The highest BCUT2D eigenvalue weighted by molar-refractivity contribution is 5.85. The Morgan fingerprint density at radius 3 is 2.50 bits per heavy atom. The van der Waals surface area contributed by atoms with E-state index in [1.807, 2.05) is 0 Å². The number of carbonyl (C=O) groups excluding carboxylic acids is 1. The Morgan fingerprint density at radius 2 is 2.00 bits per heavy atom. The minimum atomic E-state index is -1.02. The molecule has 1 rings (SSSR count). The Morgan fingerprint density at radius 1 is 1.39 bits per heavy atom. The van der Waals surface area contributed by atoms with Gasteiger partial charge in [0, 0.05) is 32.1 Å². The second-order valence-electron chi connectivity index (χ2n) is 4.79. The number of carbonyl (C=O) groups is 2. The molecule has 1 atom stereocenters. The highest BCUT2D eigenvalue weighted by Gasteiger charge is 2.28. The fourth-order valence-electron chi connectivity index (χ4n) is 2.16. The van der Waals surface area contributed by atoms with E-state index in [0.717, 1.165) is 25.7 Å². The summed E-state index contributed by atoms with van der Waals surface area (Å²) < 4.78 is 4.83. The van der Waals surface area contributed by atoms with Crippen LogP contribution in [0.4, 0.5) is 0 Å². The number of carboxylic acid groups (broad SMARTS) is 1. The van der Waals surface area contributed by atoms with Crippen LogP contribution in [0.1, 0.15) is 32.1 Å². The van der Waals surface area contributed by atoms with Crippen LogP contribution >= 0.6 is 0 Å². The van der Waals surface area contributed by atoms with E-state index < -0.39 is 12.0 Å². The van der Waals surface area contributed by atoms with Crippen LogP contribution in [0.5, 0.6) is 0 Å². The van der Waals surface area contributed by atoms with Gasteiger partial charge < -0.3 is 20.9 Å². The quantitative estimate of drug-likeness (QED) is 0.627. The molecule has 0 saturated heterocycles. The zero-order valence-electron chi connectivity index (χ0n) is 10.7. The van der Waals surface area contributed by atoms with Gasteiger partial charge in [-0.25, -0.2) is 4.79 Å². The molecule has 1 saturated carbocycles. The van der Waals surface area contributed by atoms with Gasteiger partial charge in [-0.15, -0.1) is 0 Å². The number of hydrogen-bond donors (Lipinski definition) is 3. The highest BCUT2D eigenvalue weighted by Crippen LogP contribution is 2.23. The highest BCUT2D eigenvalue weighted by atomic mass is 16.5. The maximum atomic E-state index is 11.9. The third kappa shape index (κ3) is 4.62. The standard InChI is InChI=1S/C12H22N2O4/c1-18-7-6-10(12(16)17)14-11(15)8-2-4-9(13)5-3-8/h8-10H,2-7,13H2,1H3,(H,14,15)(H,16,17). The average Bonchev–Trinajstić information content (AvgIpc) is 2.34. The Hall–Kier alpha value is -1.14. The molecule has 104 valence electrons. The molecule has 4 N–H and O–H groups in total. The smallest absolute Gasteiger partial charge is 0.326 e. The third-order valence-corrected chi connectivity index (χ3v) is 3.37. The molecule has 1 aliphatic carbocycles. The topological polar surface area (TPSA) is 102 Å². The van der Waals surface area contributed by atoms with Gasteiger partial charge in [0.05, 0.1) is 0 Å². The summed E-state index contributed by atoms with van der Waals surface area (Å²) in [6.45, 7) is 0.312. The van der Waals surface area contributed by atoms with Gasteiger partial charge in [0.25, 0.3) is 0 Å². The van der Waals surface area contributed by atoms with Crippen LogP contribution in [-0.4, -0.2) is 42.8 Å². The minimum absolute atomic E-state index is 0.103. The number of carboxylic acids is 1. The van der Waals surface area contributed by atoms with Crippen LogP contribution in [0.15, 0.2) is 0 Å². The zero-order valence-corrected chi connectivity index (χ0v) is 10.7. The first kappa shape index (κ1) is 14.9. The van der Waals surface area contributed by atoms with Crippen molar-refractivity contribution in [3.05, 3.63) is 0 Å². The van der Waals surface area contributed by atoms with Gasteiger partial charge in [0.1, 0.15) is 6.04 Å². The summed E-state index contributed by atoms with van der Waals surface area (Å²) in [4.78, 5) is 22.9. The molecule has 6 heteroatoms. The van der Waals surface area contributed by atoms with Crippen LogP contribution in [-0.2, 0) is 14.3 Å². The number of hydrogen-bond acceptors (Lipinski definition) is 4. The second-order valence-corrected chi connectivity index (χ2v) is 4.79. The van der Waals surface area contributed by atoms with E-state index in [2.05, 4.69) is 5.32 Å². The van der Waals surface area contributed by atoms with Crippen LogP contribution < -0.4 is 11.1 Å². The Kier molecular flexibility index (Phi) is 6.07. The van der Waals surface area contributed by atoms with Crippen molar-refractivity contribution < 1.29 is 19.4 Å². The first-order valence-electron chi connectivity index (χ1n) is 6.32. The fourth-order valence-corrected chi connectivity index (χ4v) is 2.16. The maximum Gasteiger partial charge on any atom is 0.326 e. The number of ether oxygens (including phenoxy) is 1. The number of nitrogens with two attached hydrogens (primary N) is 1. The largest absolute Gasteiger partial charge is 0.480 e. The van der Waals surface area contributed by atoms with Crippen molar-refractivity contribution in [2.45, 2.75) is 44.2 Å². The van der Waals surface area contributed by atoms with Crippen molar-refractivity contribution in [1.82, 2.24) is 5.32 Å². The molecule has 1 amide bonds. The molecule has 0 aliphatic heterocycles. The molecule has 1 aliphatic rings. The molecule has 1 fully saturated rings. The fraction of sp³-hybridized carbons (Fsp3) is 0.833. The molecule has 0 bridgehead atoms. The van der Waals surface area contributed by atoms with Gasteiger partial charge >= 0.3 is 5.97 Å². The van der Waals surface area contributed by atoms with E-state index in [1.165, 1.54) is 7.11 Å².